The van der Waals surface area contributed by atoms with Crippen LogP contribution < -0.4 is 4.31 Å². The van der Waals surface area contributed by atoms with Crippen LogP contribution in [0.2, 0.25) is 0 Å². The van der Waals surface area contributed by atoms with E-state index in [2.05, 4.69) is 6.92 Å². The standard InChI is InChI=1S/C21H24N2O3S/c1-16-6-5-12-22(15-16)21(24)18-8-4-9-19(14-18)27(25,26)23-13-11-17-7-2-3-10-20(17)23/h2-4,7-10,14,16H,5-6,11-13,15H2,1H3. The highest BCUT2D eigenvalue weighted by molar-refractivity contribution is 7.92. The fourth-order valence-corrected chi connectivity index (χ4v) is 5.58. The molecule has 2 heterocycles. The maximum absolute atomic E-state index is 13.2. The van der Waals surface area contributed by atoms with Crippen LogP contribution in [-0.4, -0.2) is 38.9 Å². The van der Waals surface area contributed by atoms with Gasteiger partial charge in [0.25, 0.3) is 15.9 Å². The summed E-state index contributed by atoms with van der Waals surface area (Å²) in [5.74, 6) is 0.399. The van der Waals surface area contributed by atoms with Gasteiger partial charge in [-0.15, -0.1) is 0 Å². The Balaban J connectivity index is 1.63. The van der Waals surface area contributed by atoms with Crippen molar-refractivity contribution in [1.82, 2.24) is 4.90 Å². The van der Waals surface area contributed by atoms with Crippen LogP contribution in [0, 0.1) is 5.92 Å². The van der Waals surface area contributed by atoms with E-state index < -0.39 is 10.0 Å². The van der Waals surface area contributed by atoms with Crippen molar-refractivity contribution >= 4 is 21.6 Å². The zero-order valence-electron chi connectivity index (χ0n) is 15.5. The Hall–Kier alpha value is -2.34. The fourth-order valence-electron chi connectivity index (χ4n) is 4.03. The Morgan fingerprint density at radius 3 is 2.70 bits per heavy atom. The van der Waals surface area contributed by atoms with E-state index in [0.29, 0.717) is 24.4 Å². The molecule has 27 heavy (non-hydrogen) atoms. The normalized spacial score (nSPS) is 19.8. The molecule has 0 bridgehead atoms. The molecule has 0 aromatic heterocycles. The number of benzene rings is 2. The van der Waals surface area contributed by atoms with E-state index >= 15 is 0 Å². The quantitative estimate of drug-likeness (QED) is 0.816. The van der Waals surface area contributed by atoms with Gasteiger partial charge < -0.3 is 4.90 Å². The number of para-hydroxylation sites is 1. The van der Waals surface area contributed by atoms with E-state index in [1.54, 1.807) is 18.2 Å². The van der Waals surface area contributed by atoms with Crippen LogP contribution in [0.15, 0.2) is 53.4 Å². The van der Waals surface area contributed by atoms with E-state index in [0.717, 1.165) is 37.2 Å². The summed E-state index contributed by atoms with van der Waals surface area (Å²) in [6.45, 7) is 4.05. The second-order valence-corrected chi connectivity index (χ2v) is 9.34. The molecule has 0 spiro atoms. The van der Waals surface area contributed by atoms with Crippen molar-refractivity contribution in [3.8, 4) is 0 Å². The smallest absolute Gasteiger partial charge is 0.264 e. The highest BCUT2D eigenvalue weighted by Gasteiger charge is 2.31. The predicted molar refractivity (Wildman–Crippen MR) is 105 cm³/mol. The molecular formula is C21H24N2O3S. The summed E-state index contributed by atoms with van der Waals surface area (Å²) in [5.41, 5.74) is 2.22. The summed E-state index contributed by atoms with van der Waals surface area (Å²) in [6, 6.07) is 14.0. The Morgan fingerprint density at radius 2 is 1.89 bits per heavy atom. The second-order valence-electron chi connectivity index (χ2n) is 7.48. The highest BCUT2D eigenvalue weighted by atomic mass is 32.2. The van der Waals surface area contributed by atoms with Gasteiger partial charge in [0.15, 0.2) is 0 Å². The van der Waals surface area contributed by atoms with Crippen molar-refractivity contribution in [2.75, 3.05) is 23.9 Å². The highest BCUT2D eigenvalue weighted by Crippen LogP contribution is 2.33. The van der Waals surface area contributed by atoms with Crippen molar-refractivity contribution in [2.24, 2.45) is 5.92 Å². The van der Waals surface area contributed by atoms with E-state index in [1.807, 2.05) is 29.2 Å². The third-order valence-electron chi connectivity index (χ3n) is 5.46. The topological polar surface area (TPSA) is 57.7 Å². The van der Waals surface area contributed by atoms with Crippen LogP contribution >= 0.6 is 0 Å². The van der Waals surface area contributed by atoms with E-state index in [9.17, 15) is 13.2 Å². The third kappa shape index (κ3) is 3.34. The molecule has 4 rings (SSSR count). The van der Waals surface area contributed by atoms with Crippen LogP contribution in [0.3, 0.4) is 0 Å². The number of rotatable bonds is 3. The zero-order chi connectivity index (χ0) is 19.0. The largest absolute Gasteiger partial charge is 0.338 e. The molecule has 5 nitrogen and oxygen atoms in total. The first-order valence-corrected chi connectivity index (χ1v) is 10.9. The van der Waals surface area contributed by atoms with Gasteiger partial charge in [0.1, 0.15) is 0 Å². The molecule has 1 unspecified atom stereocenters. The van der Waals surface area contributed by atoms with Crippen LogP contribution in [0.4, 0.5) is 5.69 Å². The maximum Gasteiger partial charge on any atom is 0.264 e. The molecular weight excluding hydrogens is 360 g/mol. The number of hydrogen-bond donors (Lipinski definition) is 0. The summed E-state index contributed by atoms with van der Waals surface area (Å²) in [4.78, 5) is 14.9. The van der Waals surface area contributed by atoms with Crippen molar-refractivity contribution in [1.29, 1.82) is 0 Å². The number of anilines is 1. The molecule has 0 saturated carbocycles. The SMILES string of the molecule is CC1CCCN(C(=O)c2cccc(S(=O)(=O)N3CCc4ccccc43)c2)C1. The van der Waals surface area contributed by atoms with Gasteiger partial charge in [-0.3, -0.25) is 9.10 Å². The minimum atomic E-state index is -3.69. The van der Waals surface area contributed by atoms with Crippen LogP contribution in [-0.2, 0) is 16.4 Å². The fraction of sp³-hybridized carbons (Fsp3) is 0.381. The molecule has 6 heteroatoms. The van der Waals surface area contributed by atoms with Crippen molar-refractivity contribution in [2.45, 2.75) is 31.1 Å². The lowest BCUT2D eigenvalue weighted by atomic mass is 9.99. The molecule has 0 aliphatic carbocycles. The van der Waals surface area contributed by atoms with Gasteiger partial charge in [-0.25, -0.2) is 8.42 Å². The van der Waals surface area contributed by atoms with Gasteiger partial charge in [0.2, 0.25) is 0 Å². The minimum Gasteiger partial charge on any atom is -0.338 e. The second kappa shape index (κ2) is 7.00. The molecule has 2 aliphatic rings. The molecule has 1 fully saturated rings. The average Bonchev–Trinajstić information content (AvgIpc) is 3.12. The average molecular weight is 385 g/mol. The number of sulfonamides is 1. The first kappa shape index (κ1) is 18.0. The number of fused-ring (bicyclic) bond motifs is 1. The molecule has 1 saturated heterocycles. The molecule has 1 atom stereocenters. The van der Waals surface area contributed by atoms with Gasteiger partial charge in [-0.2, -0.15) is 0 Å². The van der Waals surface area contributed by atoms with Crippen molar-refractivity contribution in [3.05, 3.63) is 59.7 Å². The summed E-state index contributed by atoms with van der Waals surface area (Å²) >= 11 is 0. The Labute approximate surface area is 160 Å². The summed E-state index contributed by atoms with van der Waals surface area (Å²) in [6.07, 6.45) is 2.84. The number of piperidine rings is 1. The molecule has 0 radical (unpaired) electrons. The van der Waals surface area contributed by atoms with Gasteiger partial charge in [0.05, 0.1) is 10.6 Å². The Kier molecular flexibility index (Phi) is 4.68. The lowest BCUT2D eigenvalue weighted by Gasteiger charge is -2.31. The zero-order valence-corrected chi connectivity index (χ0v) is 16.3. The molecule has 2 aromatic carbocycles. The molecule has 1 amide bonds. The Bertz CT molecular complexity index is 971. The lowest BCUT2D eigenvalue weighted by molar-refractivity contribution is 0.0683. The van der Waals surface area contributed by atoms with E-state index in [1.165, 1.54) is 10.4 Å². The van der Waals surface area contributed by atoms with Gasteiger partial charge in [-0.1, -0.05) is 31.2 Å². The number of amides is 1. The first-order chi connectivity index (χ1) is 13.0. The molecule has 2 aromatic rings. The predicted octanol–water partition coefficient (Wildman–Crippen LogP) is 3.31. The Morgan fingerprint density at radius 1 is 1.07 bits per heavy atom. The van der Waals surface area contributed by atoms with Crippen molar-refractivity contribution < 1.29 is 13.2 Å². The van der Waals surface area contributed by atoms with E-state index in [4.69, 9.17) is 0 Å². The van der Waals surface area contributed by atoms with Crippen LogP contribution in [0.1, 0.15) is 35.7 Å². The number of carbonyl (C=O) groups excluding carboxylic acids is 1. The number of hydrogen-bond acceptors (Lipinski definition) is 3. The van der Waals surface area contributed by atoms with Gasteiger partial charge >= 0.3 is 0 Å². The molecule has 2 aliphatic heterocycles. The summed E-state index contributed by atoms with van der Waals surface area (Å²) in [5, 5.41) is 0. The van der Waals surface area contributed by atoms with Gasteiger partial charge in [-0.05, 0) is 55.0 Å². The summed E-state index contributed by atoms with van der Waals surface area (Å²) in [7, 11) is -3.69. The lowest BCUT2D eigenvalue weighted by Crippen LogP contribution is -2.39. The van der Waals surface area contributed by atoms with E-state index in [-0.39, 0.29) is 10.8 Å². The van der Waals surface area contributed by atoms with Crippen LogP contribution in [0.25, 0.3) is 0 Å². The number of carbonyl (C=O) groups is 1. The maximum atomic E-state index is 13.2. The molecule has 0 N–H and O–H groups in total. The van der Waals surface area contributed by atoms with Crippen molar-refractivity contribution in [3.63, 3.8) is 0 Å². The van der Waals surface area contributed by atoms with Gasteiger partial charge in [0, 0.05) is 25.2 Å². The first-order valence-electron chi connectivity index (χ1n) is 9.47. The van der Waals surface area contributed by atoms with Crippen LogP contribution in [0.5, 0.6) is 0 Å². The number of nitrogens with zero attached hydrogens (tertiary/aromatic N) is 2. The number of likely N-dealkylation sites (tertiary alicyclic amines) is 1. The minimum absolute atomic E-state index is 0.0829. The monoisotopic (exact) mass is 384 g/mol. The summed E-state index contributed by atoms with van der Waals surface area (Å²) < 4.78 is 27.9. The molecule has 142 valence electrons. The third-order valence-corrected chi connectivity index (χ3v) is 7.27.